The minimum atomic E-state index is -2.96. The zero-order chi connectivity index (χ0) is 17.3. The molecule has 0 aromatic carbocycles. The average Bonchev–Trinajstić information content (AvgIpc) is 3.32. The fourth-order valence-corrected chi connectivity index (χ4v) is 3.84. The number of piperidine rings is 1. The largest absolute Gasteiger partial charge is 0.396 e. The lowest BCUT2D eigenvalue weighted by atomic mass is 10.0. The first-order valence-corrected chi connectivity index (χ1v) is 7.83. The summed E-state index contributed by atoms with van der Waals surface area (Å²) in [5, 5.41) is 12.2. The van der Waals surface area contributed by atoms with Crippen molar-refractivity contribution in [2.45, 2.75) is 24.3 Å². The number of amides is 1. The summed E-state index contributed by atoms with van der Waals surface area (Å²) < 4.78 is 40.1. The highest BCUT2D eigenvalue weighted by Gasteiger charge is 2.74. The fourth-order valence-electron chi connectivity index (χ4n) is 3.71. The summed E-state index contributed by atoms with van der Waals surface area (Å²) in [4.78, 5) is 21.0. The quantitative estimate of drug-likeness (QED) is 0.781. The van der Waals surface area contributed by atoms with Gasteiger partial charge in [0.25, 0.3) is 5.92 Å². The minimum absolute atomic E-state index is 0.0274. The Balaban J connectivity index is 1.55. The number of nitrogens with zero attached hydrogens (tertiary/aromatic N) is 3. The molecule has 3 fully saturated rings. The molecule has 2 heterocycles. The van der Waals surface area contributed by atoms with E-state index in [1.807, 2.05) is 0 Å². The van der Waals surface area contributed by atoms with Crippen LogP contribution in [0.2, 0.25) is 5.28 Å². The van der Waals surface area contributed by atoms with Crippen LogP contribution in [0.25, 0.3) is 0 Å². The van der Waals surface area contributed by atoms with Crippen LogP contribution in [0, 0.1) is 17.2 Å². The maximum absolute atomic E-state index is 13.9. The molecule has 10 heteroatoms. The zero-order valence-electron chi connectivity index (χ0n) is 12.4. The van der Waals surface area contributed by atoms with Gasteiger partial charge in [0.05, 0.1) is 18.3 Å². The van der Waals surface area contributed by atoms with Crippen molar-refractivity contribution in [2.75, 3.05) is 24.6 Å². The Bertz CT molecular complexity index is 736. The second-order valence-electron chi connectivity index (χ2n) is 6.87. The topological polar surface area (TPSA) is 78.4 Å². The number of halogens is 4. The minimum Gasteiger partial charge on any atom is -0.396 e. The second kappa shape index (κ2) is 4.72. The maximum atomic E-state index is 13.9. The van der Waals surface area contributed by atoms with Crippen LogP contribution in [0.1, 0.15) is 12.8 Å². The lowest BCUT2D eigenvalue weighted by molar-refractivity contribution is -0.125. The van der Waals surface area contributed by atoms with Gasteiger partial charge in [-0.05, 0) is 18.0 Å². The van der Waals surface area contributed by atoms with Crippen LogP contribution in [0.3, 0.4) is 0 Å². The number of nitrogens with one attached hydrogen (secondary N) is 1. The van der Waals surface area contributed by atoms with E-state index in [0.29, 0.717) is 6.42 Å². The lowest BCUT2D eigenvalue weighted by Gasteiger charge is -2.22. The predicted octanol–water partition coefficient (Wildman–Crippen LogP) is 0.982. The van der Waals surface area contributed by atoms with Crippen molar-refractivity contribution in [3.8, 4) is 0 Å². The molecule has 2 aliphatic carbocycles. The highest BCUT2D eigenvalue weighted by atomic mass is 35.5. The van der Waals surface area contributed by atoms with Gasteiger partial charge in [0, 0.05) is 24.9 Å². The second-order valence-corrected chi connectivity index (χ2v) is 7.21. The molecule has 1 aromatic rings. The van der Waals surface area contributed by atoms with Crippen molar-refractivity contribution in [2.24, 2.45) is 11.3 Å². The lowest BCUT2D eigenvalue weighted by Crippen LogP contribution is -2.45. The summed E-state index contributed by atoms with van der Waals surface area (Å²) in [7, 11) is 0. The number of aliphatic hydroxyl groups is 1. The van der Waals surface area contributed by atoms with E-state index in [-0.39, 0.29) is 30.8 Å². The Morgan fingerprint density at radius 3 is 2.83 bits per heavy atom. The number of carbonyl (C=O) groups is 1. The van der Waals surface area contributed by atoms with E-state index in [0.717, 1.165) is 6.20 Å². The monoisotopic (exact) mass is 362 g/mol. The van der Waals surface area contributed by atoms with Crippen LogP contribution >= 0.6 is 11.6 Å². The van der Waals surface area contributed by atoms with Crippen molar-refractivity contribution in [1.82, 2.24) is 15.3 Å². The van der Waals surface area contributed by atoms with Gasteiger partial charge in [-0.3, -0.25) is 4.79 Å². The Morgan fingerprint density at radius 1 is 1.50 bits per heavy atom. The van der Waals surface area contributed by atoms with Crippen LogP contribution in [0.15, 0.2) is 6.20 Å². The molecule has 3 aliphatic rings. The first kappa shape index (κ1) is 15.9. The summed E-state index contributed by atoms with van der Waals surface area (Å²) in [6.45, 7) is 0.169. The van der Waals surface area contributed by atoms with E-state index in [9.17, 15) is 23.1 Å². The van der Waals surface area contributed by atoms with Crippen molar-refractivity contribution >= 4 is 23.3 Å². The number of aromatic nitrogens is 2. The summed E-state index contributed by atoms with van der Waals surface area (Å²) in [5.74, 6) is -5.70. The van der Waals surface area contributed by atoms with E-state index in [2.05, 4.69) is 15.3 Å². The first-order valence-electron chi connectivity index (χ1n) is 7.46. The van der Waals surface area contributed by atoms with Gasteiger partial charge >= 0.3 is 0 Å². The van der Waals surface area contributed by atoms with Gasteiger partial charge in [-0.15, -0.1) is 0 Å². The third-order valence-corrected chi connectivity index (χ3v) is 5.47. The molecule has 1 aliphatic heterocycles. The normalized spacial score (nSPS) is 35.5. The van der Waals surface area contributed by atoms with Crippen molar-refractivity contribution < 1.29 is 23.1 Å². The molecule has 1 saturated heterocycles. The zero-order valence-corrected chi connectivity index (χ0v) is 13.2. The number of alkyl halides is 2. The molecule has 6 nitrogen and oxygen atoms in total. The van der Waals surface area contributed by atoms with Crippen LogP contribution in [-0.4, -0.2) is 52.1 Å². The SMILES string of the molecule is O=C(N[C@]12CN(c3nc(Cl)ncc3F)C[C@@]1(CO)C2)[C@@H]1CC1(F)F. The van der Waals surface area contributed by atoms with E-state index >= 15 is 0 Å². The molecular weight excluding hydrogens is 349 g/mol. The molecule has 1 aromatic heterocycles. The van der Waals surface area contributed by atoms with Gasteiger partial charge in [-0.1, -0.05) is 0 Å². The number of hydrogen-bond acceptors (Lipinski definition) is 5. The fraction of sp³-hybridized carbons (Fsp3) is 0.643. The highest BCUT2D eigenvalue weighted by Crippen LogP contribution is 2.62. The number of hydrogen-bond donors (Lipinski definition) is 2. The first-order chi connectivity index (χ1) is 11.2. The predicted molar refractivity (Wildman–Crippen MR) is 77.3 cm³/mol. The molecular formula is C14H14ClF3N4O2. The number of rotatable bonds is 4. The molecule has 0 radical (unpaired) electrons. The number of carbonyl (C=O) groups excluding carboxylic acids is 1. The van der Waals surface area contributed by atoms with E-state index in [1.165, 1.54) is 0 Å². The Morgan fingerprint density at radius 2 is 2.21 bits per heavy atom. The van der Waals surface area contributed by atoms with Gasteiger partial charge in [-0.2, -0.15) is 4.98 Å². The van der Waals surface area contributed by atoms with Gasteiger partial charge in [0.1, 0.15) is 5.92 Å². The molecule has 0 unspecified atom stereocenters. The molecule has 2 saturated carbocycles. The number of fused-ring (bicyclic) bond motifs is 1. The summed E-state index contributed by atoms with van der Waals surface area (Å²) >= 11 is 5.69. The summed E-state index contributed by atoms with van der Waals surface area (Å²) in [5.41, 5.74) is -1.53. The highest BCUT2D eigenvalue weighted by molar-refractivity contribution is 6.28. The number of anilines is 1. The van der Waals surface area contributed by atoms with Gasteiger partial charge in [-0.25, -0.2) is 18.2 Å². The Labute approximate surface area is 140 Å². The summed E-state index contributed by atoms with van der Waals surface area (Å²) in [6.07, 6.45) is 0.939. The molecule has 4 rings (SSSR count). The van der Waals surface area contributed by atoms with Gasteiger partial charge in [0.2, 0.25) is 11.2 Å². The van der Waals surface area contributed by atoms with E-state index in [1.54, 1.807) is 4.90 Å². The molecule has 0 spiro atoms. The smallest absolute Gasteiger partial charge is 0.260 e. The molecule has 2 N–H and O–H groups in total. The Hall–Kier alpha value is -1.61. The number of aliphatic hydroxyl groups excluding tert-OH is 1. The van der Waals surface area contributed by atoms with Crippen LogP contribution in [0.4, 0.5) is 19.0 Å². The van der Waals surface area contributed by atoms with Crippen molar-refractivity contribution in [3.63, 3.8) is 0 Å². The molecule has 130 valence electrons. The van der Waals surface area contributed by atoms with E-state index in [4.69, 9.17) is 11.6 Å². The van der Waals surface area contributed by atoms with Crippen LogP contribution in [0.5, 0.6) is 0 Å². The average molecular weight is 363 g/mol. The van der Waals surface area contributed by atoms with Crippen molar-refractivity contribution in [3.05, 3.63) is 17.3 Å². The Kier molecular flexibility index (Phi) is 3.13. The van der Waals surface area contributed by atoms with Gasteiger partial charge < -0.3 is 15.3 Å². The van der Waals surface area contributed by atoms with Crippen LogP contribution in [-0.2, 0) is 4.79 Å². The molecule has 3 atom stereocenters. The van der Waals surface area contributed by atoms with E-state index < -0.39 is 40.9 Å². The van der Waals surface area contributed by atoms with Gasteiger partial charge in [0.15, 0.2) is 11.6 Å². The third kappa shape index (κ3) is 2.17. The summed E-state index contributed by atoms with van der Waals surface area (Å²) in [6, 6.07) is 0. The standard InChI is InChI=1S/C14H14ClF3N4O2/c15-11-19-2-8(16)9(20-11)22-4-12(6-23)3-13(12,5-22)21-10(24)7-1-14(7,17)18/h2,7,23H,1,3-6H2,(H,21,24)/t7-,12+,13+/m0/s1. The van der Waals surface area contributed by atoms with Crippen LogP contribution < -0.4 is 10.2 Å². The maximum Gasteiger partial charge on any atom is 0.260 e. The molecule has 1 amide bonds. The third-order valence-electron chi connectivity index (χ3n) is 5.29. The molecule has 0 bridgehead atoms. The molecule has 24 heavy (non-hydrogen) atoms. The van der Waals surface area contributed by atoms with Crippen molar-refractivity contribution in [1.29, 1.82) is 0 Å².